The molecular weight excluding hydrogens is 186 g/mol. The number of rotatable bonds is 5. The van der Waals surface area contributed by atoms with Gasteiger partial charge in [-0.25, -0.2) is 0 Å². The molecule has 0 aromatic carbocycles. The lowest BCUT2D eigenvalue weighted by Crippen LogP contribution is -2.09. The molecule has 0 saturated heterocycles. The van der Waals surface area contributed by atoms with E-state index in [0.717, 1.165) is 0 Å². The van der Waals surface area contributed by atoms with E-state index < -0.39 is 6.10 Å². The van der Waals surface area contributed by atoms with Crippen LogP contribution in [-0.4, -0.2) is 28.5 Å². The zero-order valence-corrected chi connectivity index (χ0v) is 7.80. The Bertz CT molecular complexity index is 318. The Morgan fingerprint density at radius 2 is 2.50 bits per heavy atom. The second kappa shape index (κ2) is 5.32. The molecule has 0 aliphatic rings. The van der Waals surface area contributed by atoms with Crippen LogP contribution in [0.4, 0.5) is 0 Å². The number of aromatic nitrogens is 2. The summed E-state index contributed by atoms with van der Waals surface area (Å²) >= 11 is 0. The fourth-order valence-corrected chi connectivity index (χ4v) is 0.940. The van der Waals surface area contributed by atoms with E-state index in [0.29, 0.717) is 11.7 Å². The second-order valence-corrected chi connectivity index (χ2v) is 2.76. The van der Waals surface area contributed by atoms with Crippen molar-refractivity contribution in [1.82, 2.24) is 10.1 Å². The highest BCUT2D eigenvalue weighted by Gasteiger charge is 2.11. The molecule has 1 atom stereocenters. The zero-order valence-electron chi connectivity index (χ0n) is 7.80. The van der Waals surface area contributed by atoms with Gasteiger partial charge in [-0.2, -0.15) is 10.2 Å². The smallest absolute Gasteiger partial charge is 0.229 e. The van der Waals surface area contributed by atoms with Crippen LogP contribution in [0.1, 0.15) is 18.1 Å². The first-order chi connectivity index (χ1) is 6.76. The molecule has 14 heavy (non-hydrogen) atoms. The third kappa shape index (κ3) is 3.12. The molecule has 0 aliphatic carbocycles. The molecular formula is C8H11N3O3. The van der Waals surface area contributed by atoms with E-state index in [1.807, 2.05) is 6.07 Å². The fourth-order valence-electron chi connectivity index (χ4n) is 0.940. The molecule has 0 aliphatic heterocycles. The highest BCUT2D eigenvalue weighted by molar-refractivity contribution is 4.88. The van der Waals surface area contributed by atoms with Crippen molar-refractivity contribution in [2.75, 3.05) is 7.11 Å². The molecule has 0 fully saturated rings. The topological polar surface area (TPSA) is 92.2 Å². The number of nitriles is 1. The van der Waals surface area contributed by atoms with Crippen LogP contribution in [0.3, 0.4) is 0 Å². The van der Waals surface area contributed by atoms with Gasteiger partial charge in [0.2, 0.25) is 5.89 Å². The standard InChI is InChI=1S/C8H11N3O3/c1-13-5-7-10-8(14-11-7)4-6(12)2-3-9/h6,12H,2,4-5H2,1H3. The lowest BCUT2D eigenvalue weighted by Gasteiger charge is -1.99. The summed E-state index contributed by atoms with van der Waals surface area (Å²) in [4.78, 5) is 3.95. The van der Waals surface area contributed by atoms with Gasteiger partial charge in [0.05, 0.1) is 25.0 Å². The summed E-state index contributed by atoms with van der Waals surface area (Å²) in [5, 5.41) is 21.2. The van der Waals surface area contributed by atoms with Gasteiger partial charge in [-0.15, -0.1) is 0 Å². The van der Waals surface area contributed by atoms with Gasteiger partial charge < -0.3 is 14.4 Å². The number of aliphatic hydroxyl groups is 1. The summed E-state index contributed by atoms with van der Waals surface area (Å²) in [6, 6.07) is 1.86. The van der Waals surface area contributed by atoms with Gasteiger partial charge in [-0.3, -0.25) is 0 Å². The van der Waals surface area contributed by atoms with E-state index >= 15 is 0 Å². The number of hydrogen-bond acceptors (Lipinski definition) is 6. The van der Waals surface area contributed by atoms with Crippen LogP contribution in [0.2, 0.25) is 0 Å². The number of aliphatic hydroxyl groups excluding tert-OH is 1. The third-order valence-electron chi connectivity index (χ3n) is 1.52. The summed E-state index contributed by atoms with van der Waals surface area (Å²) in [7, 11) is 1.53. The van der Waals surface area contributed by atoms with Gasteiger partial charge in [0, 0.05) is 7.11 Å². The second-order valence-electron chi connectivity index (χ2n) is 2.76. The average molecular weight is 197 g/mol. The van der Waals surface area contributed by atoms with Gasteiger partial charge in [0.1, 0.15) is 6.61 Å². The van der Waals surface area contributed by atoms with E-state index in [2.05, 4.69) is 10.1 Å². The van der Waals surface area contributed by atoms with Crippen LogP contribution in [0.5, 0.6) is 0 Å². The molecule has 1 heterocycles. The molecule has 6 heteroatoms. The van der Waals surface area contributed by atoms with E-state index in [-0.39, 0.29) is 19.4 Å². The molecule has 76 valence electrons. The van der Waals surface area contributed by atoms with Crippen LogP contribution < -0.4 is 0 Å². The predicted octanol–water partition coefficient (Wildman–Crippen LogP) is 0.0331. The zero-order chi connectivity index (χ0) is 10.4. The number of hydrogen-bond donors (Lipinski definition) is 1. The van der Waals surface area contributed by atoms with E-state index in [1.54, 1.807) is 0 Å². The molecule has 0 radical (unpaired) electrons. The Balaban J connectivity index is 2.47. The summed E-state index contributed by atoms with van der Waals surface area (Å²) < 4.78 is 9.62. The summed E-state index contributed by atoms with van der Waals surface area (Å²) in [6.07, 6.45) is -0.498. The minimum atomic E-state index is -0.754. The van der Waals surface area contributed by atoms with Crippen molar-refractivity contribution in [2.45, 2.75) is 25.6 Å². The minimum absolute atomic E-state index is 0.0575. The van der Waals surface area contributed by atoms with E-state index in [1.165, 1.54) is 7.11 Å². The van der Waals surface area contributed by atoms with E-state index in [4.69, 9.17) is 14.5 Å². The molecule has 6 nitrogen and oxygen atoms in total. The van der Waals surface area contributed by atoms with Crippen molar-refractivity contribution >= 4 is 0 Å². The van der Waals surface area contributed by atoms with Crippen LogP contribution in [0.25, 0.3) is 0 Å². The van der Waals surface area contributed by atoms with Crippen molar-refractivity contribution < 1.29 is 14.4 Å². The monoisotopic (exact) mass is 197 g/mol. The molecule has 1 aromatic heterocycles. The Morgan fingerprint density at radius 3 is 3.14 bits per heavy atom. The molecule has 1 aromatic rings. The first-order valence-corrected chi connectivity index (χ1v) is 4.11. The highest BCUT2D eigenvalue weighted by Crippen LogP contribution is 2.04. The maximum absolute atomic E-state index is 9.26. The van der Waals surface area contributed by atoms with Crippen molar-refractivity contribution in [2.24, 2.45) is 0 Å². The fraction of sp³-hybridized carbons (Fsp3) is 0.625. The van der Waals surface area contributed by atoms with Gasteiger partial charge in [-0.05, 0) is 0 Å². The van der Waals surface area contributed by atoms with Gasteiger partial charge >= 0.3 is 0 Å². The molecule has 1 unspecified atom stereocenters. The first-order valence-electron chi connectivity index (χ1n) is 4.11. The Kier molecular flexibility index (Phi) is 4.04. The lowest BCUT2D eigenvalue weighted by atomic mass is 10.2. The average Bonchev–Trinajstić information content (AvgIpc) is 2.53. The van der Waals surface area contributed by atoms with Crippen LogP contribution in [-0.2, 0) is 17.8 Å². The number of methoxy groups -OCH3 is 1. The van der Waals surface area contributed by atoms with Crippen molar-refractivity contribution in [1.29, 1.82) is 5.26 Å². The number of ether oxygens (including phenoxy) is 1. The Labute approximate surface area is 81.1 Å². The van der Waals surface area contributed by atoms with Gasteiger partial charge in [0.25, 0.3) is 0 Å². The molecule has 0 bridgehead atoms. The normalized spacial score (nSPS) is 12.4. The Morgan fingerprint density at radius 1 is 1.71 bits per heavy atom. The third-order valence-corrected chi connectivity index (χ3v) is 1.52. The Hall–Kier alpha value is -1.45. The van der Waals surface area contributed by atoms with Crippen molar-refractivity contribution in [3.05, 3.63) is 11.7 Å². The molecule has 0 saturated carbocycles. The quantitative estimate of drug-likeness (QED) is 0.716. The molecule has 0 amide bonds. The molecule has 1 rings (SSSR count). The maximum Gasteiger partial charge on any atom is 0.229 e. The summed E-state index contributed by atoms with van der Waals surface area (Å²) in [5.74, 6) is 0.756. The predicted molar refractivity (Wildman–Crippen MR) is 45.0 cm³/mol. The molecule has 1 N–H and O–H groups in total. The minimum Gasteiger partial charge on any atom is -0.392 e. The van der Waals surface area contributed by atoms with Crippen LogP contribution >= 0.6 is 0 Å². The highest BCUT2D eigenvalue weighted by atomic mass is 16.5. The first kappa shape index (κ1) is 10.6. The maximum atomic E-state index is 9.26. The SMILES string of the molecule is COCc1noc(CC(O)CC#N)n1. The molecule has 0 spiro atoms. The van der Waals surface area contributed by atoms with Crippen LogP contribution in [0.15, 0.2) is 4.52 Å². The van der Waals surface area contributed by atoms with Gasteiger partial charge in [-0.1, -0.05) is 5.16 Å². The summed E-state index contributed by atoms with van der Waals surface area (Å²) in [6.45, 7) is 0.276. The largest absolute Gasteiger partial charge is 0.392 e. The van der Waals surface area contributed by atoms with E-state index in [9.17, 15) is 5.11 Å². The van der Waals surface area contributed by atoms with Gasteiger partial charge in [0.15, 0.2) is 5.82 Å². The number of nitrogens with zero attached hydrogens (tertiary/aromatic N) is 3. The summed E-state index contributed by atoms with van der Waals surface area (Å²) in [5.41, 5.74) is 0. The van der Waals surface area contributed by atoms with Crippen molar-refractivity contribution in [3.8, 4) is 6.07 Å². The van der Waals surface area contributed by atoms with Crippen molar-refractivity contribution in [3.63, 3.8) is 0 Å². The van der Waals surface area contributed by atoms with Crippen LogP contribution in [0, 0.1) is 11.3 Å². The lowest BCUT2D eigenvalue weighted by molar-refractivity contribution is 0.166.